The molecule has 0 spiro atoms. The van der Waals surface area contributed by atoms with Crippen molar-refractivity contribution >= 4 is 22.5 Å². The number of nitrogens with zero attached hydrogens (tertiary/aromatic N) is 2. The highest BCUT2D eigenvalue weighted by Crippen LogP contribution is 2.38. The summed E-state index contributed by atoms with van der Waals surface area (Å²) in [5.74, 6) is -1.96. The van der Waals surface area contributed by atoms with Crippen LogP contribution in [0, 0.1) is 10.1 Å². The Morgan fingerprint density at radius 2 is 1.81 bits per heavy atom. The van der Waals surface area contributed by atoms with Crippen LogP contribution < -0.4 is 4.74 Å². The molecule has 0 aromatic carbocycles. The van der Waals surface area contributed by atoms with Gasteiger partial charge in [0.05, 0.1) is 10.5 Å². The van der Waals surface area contributed by atoms with Crippen molar-refractivity contribution in [3.05, 3.63) is 27.4 Å². The van der Waals surface area contributed by atoms with E-state index in [-0.39, 0.29) is 6.07 Å². The van der Waals surface area contributed by atoms with Crippen molar-refractivity contribution in [2.75, 3.05) is 0 Å². The normalized spacial score (nSPS) is 12.1. The van der Waals surface area contributed by atoms with Gasteiger partial charge in [-0.3, -0.25) is 14.9 Å². The first-order valence-corrected chi connectivity index (χ1v) is 4.93. The molecule has 0 radical (unpaired) electrons. The summed E-state index contributed by atoms with van der Waals surface area (Å²) in [4.78, 5) is 22.2. The van der Waals surface area contributed by atoms with E-state index in [1.165, 1.54) is 0 Å². The van der Waals surface area contributed by atoms with Gasteiger partial charge in [-0.05, 0) is 11.6 Å². The number of hydrogen-bond donors (Lipinski definition) is 0. The maximum absolute atomic E-state index is 12.6. The first-order valence-electron chi connectivity index (χ1n) is 4.55. The Labute approximate surface area is 115 Å². The summed E-state index contributed by atoms with van der Waals surface area (Å²) in [6.45, 7) is 0. The lowest BCUT2D eigenvalue weighted by Gasteiger charge is -2.13. The molecule has 1 rings (SSSR count). The number of halogens is 7. The minimum absolute atomic E-state index is 0.0910. The number of rotatable bonds is 3. The number of carbonyl (C=O) groups excluding carboxylic acids is 1. The molecule has 13 heteroatoms. The van der Waals surface area contributed by atoms with Gasteiger partial charge in [-0.15, -0.1) is 13.2 Å². The third kappa shape index (κ3) is 4.18. The van der Waals surface area contributed by atoms with E-state index in [1.54, 1.807) is 0 Å². The summed E-state index contributed by atoms with van der Waals surface area (Å²) >= 11 is 4.81. The molecule has 0 saturated heterocycles. The van der Waals surface area contributed by atoms with Gasteiger partial charge in [-0.25, -0.2) is 4.98 Å². The molecular formula is C8HClF6N2O4. The predicted molar refractivity (Wildman–Crippen MR) is 52.8 cm³/mol. The first kappa shape index (κ1) is 16.9. The predicted octanol–water partition coefficient (Wildman–Crippen LogP) is 3.29. The molecule has 21 heavy (non-hydrogen) atoms. The molecule has 0 N–H and O–H groups in total. The molecule has 6 nitrogen and oxygen atoms in total. The van der Waals surface area contributed by atoms with Crippen LogP contribution in [0.15, 0.2) is 6.07 Å². The smallest absolute Gasteiger partial charge is 0.381 e. The van der Waals surface area contributed by atoms with Gasteiger partial charge in [0.25, 0.3) is 5.24 Å². The van der Waals surface area contributed by atoms with Crippen molar-refractivity contribution < 1.29 is 40.8 Å². The van der Waals surface area contributed by atoms with Crippen LogP contribution in [0.4, 0.5) is 32.0 Å². The van der Waals surface area contributed by atoms with Gasteiger partial charge in [-0.2, -0.15) is 13.2 Å². The summed E-state index contributed by atoms with van der Waals surface area (Å²) in [5, 5.41) is 8.74. The number of alkyl halides is 6. The molecule has 0 saturated carbocycles. The molecule has 1 aromatic rings. The Morgan fingerprint density at radius 3 is 2.14 bits per heavy atom. The Bertz CT molecular complexity index is 600. The summed E-state index contributed by atoms with van der Waals surface area (Å²) in [5.41, 5.74) is -5.19. The number of ether oxygens (including phenoxy) is 1. The zero-order valence-electron chi connectivity index (χ0n) is 9.25. The molecule has 1 aromatic heterocycles. The van der Waals surface area contributed by atoms with Gasteiger partial charge in [0.15, 0.2) is 5.69 Å². The molecule has 0 atom stereocenters. The topological polar surface area (TPSA) is 82.3 Å². The molecule has 0 amide bonds. The van der Waals surface area contributed by atoms with E-state index in [0.29, 0.717) is 0 Å². The maximum Gasteiger partial charge on any atom is 0.574 e. The number of hydrogen-bond acceptors (Lipinski definition) is 5. The minimum atomic E-state index is -5.52. The zero-order chi connectivity index (χ0) is 16.6. The van der Waals surface area contributed by atoms with E-state index in [2.05, 4.69) is 9.72 Å². The van der Waals surface area contributed by atoms with Crippen LogP contribution in [0.25, 0.3) is 0 Å². The summed E-state index contributed by atoms with van der Waals surface area (Å²) in [7, 11) is 0. The molecular weight excluding hydrogens is 338 g/mol. The Hall–Kier alpha value is -2.11. The van der Waals surface area contributed by atoms with Gasteiger partial charge in [-0.1, -0.05) is 0 Å². The minimum Gasteiger partial charge on any atom is -0.381 e. The molecule has 0 aliphatic heterocycles. The van der Waals surface area contributed by atoms with Crippen LogP contribution in [0.1, 0.15) is 16.1 Å². The zero-order valence-corrected chi connectivity index (χ0v) is 10.0. The molecule has 0 bridgehead atoms. The number of nitro groups is 1. The Morgan fingerprint density at radius 1 is 1.29 bits per heavy atom. The van der Waals surface area contributed by atoms with Gasteiger partial charge in [0, 0.05) is 6.07 Å². The van der Waals surface area contributed by atoms with Crippen LogP contribution in [0.5, 0.6) is 5.88 Å². The van der Waals surface area contributed by atoms with Crippen LogP contribution in [0.3, 0.4) is 0 Å². The summed E-state index contributed by atoms with van der Waals surface area (Å²) in [6.07, 6.45) is -10.9. The fraction of sp³-hybridized carbons (Fsp3) is 0.250. The highest BCUT2D eigenvalue weighted by Gasteiger charge is 2.42. The Balaban J connectivity index is 3.63. The average Bonchev–Trinajstić information content (AvgIpc) is 2.24. The van der Waals surface area contributed by atoms with Crippen molar-refractivity contribution in [3.63, 3.8) is 0 Å². The third-order valence-corrected chi connectivity index (χ3v) is 2.06. The second kappa shape index (κ2) is 5.35. The van der Waals surface area contributed by atoms with Crippen molar-refractivity contribution in [1.82, 2.24) is 4.98 Å². The van der Waals surface area contributed by atoms with E-state index in [4.69, 9.17) is 11.6 Å². The van der Waals surface area contributed by atoms with E-state index in [1.807, 2.05) is 0 Å². The molecule has 116 valence electrons. The van der Waals surface area contributed by atoms with E-state index >= 15 is 0 Å². The number of aromatic nitrogens is 1. The van der Waals surface area contributed by atoms with Gasteiger partial charge in [0.2, 0.25) is 0 Å². The van der Waals surface area contributed by atoms with Crippen LogP contribution in [-0.4, -0.2) is 21.5 Å². The molecule has 0 fully saturated rings. The van der Waals surface area contributed by atoms with Gasteiger partial charge >= 0.3 is 24.1 Å². The van der Waals surface area contributed by atoms with E-state index in [0.717, 1.165) is 0 Å². The Kier molecular flexibility index (Phi) is 4.32. The third-order valence-electron chi connectivity index (χ3n) is 1.86. The van der Waals surface area contributed by atoms with E-state index < -0.39 is 45.5 Å². The van der Waals surface area contributed by atoms with Crippen LogP contribution >= 0.6 is 11.6 Å². The monoisotopic (exact) mass is 338 g/mol. The van der Waals surface area contributed by atoms with Crippen molar-refractivity contribution in [2.24, 2.45) is 0 Å². The van der Waals surface area contributed by atoms with Crippen molar-refractivity contribution in [1.29, 1.82) is 0 Å². The van der Waals surface area contributed by atoms with E-state index in [9.17, 15) is 41.3 Å². The van der Waals surface area contributed by atoms with Crippen LogP contribution in [-0.2, 0) is 6.18 Å². The van der Waals surface area contributed by atoms with Crippen LogP contribution in [0.2, 0.25) is 0 Å². The standard InChI is InChI=1S/C8HClF6N2O4/c9-5(18)2-1-3(17(19)20)6(21-8(13,14)15)16-4(2)7(10,11)12/h1H. The van der Waals surface area contributed by atoms with Crippen molar-refractivity contribution in [2.45, 2.75) is 12.5 Å². The lowest BCUT2D eigenvalue weighted by atomic mass is 10.2. The highest BCUT2D eigenvalue weighted by atomic mass is 35.5. The summed E-state index contributed by atoms with van der Waals surface area (Å²) in [6, 6.07) is -0.0910. The molecule has 1 heterocycles. The average molecular weight is 339 g/mol. The molecule has 0 aliphatic carbocycles. The first-order chi connectivity index (χ1) is 9.33. The fourth-order valence-electron chi connectivity index (χ4n) is 1.17. The number of carbonyl (C=O) groups is 1. The summed E-state index contributed by atoms with van der Waals surface area (Å²) < 4.78 is 76.8. The highest BCUT2D eigenvalue weighted by molar-refractivity contribution is 6.67. The second-order valence-corrected chi connectivity index (χ2v) is 3.63. The lowest BCUT2D eigenvalue weighted by Crippen LogP contribution is -2.21. The molecule has 0 aliphatic rings. The lowest BCUT2D eigenvalue weighted by molar-refractivity contribution is -0.389. The van der Waals surface area contributed by atoms with Gasteiger partial charge < -0.3 is 4.74 Å². The quantitative estimate of drug-likeness (QED) is 0.365. The maximum atomic E-state index is 12.6. The van der Waals surface area contributed by atoms with Gasteiger partial charge in [0.1, 0.15) is 0 Å². The number of pyridine rings is 1. The fourth-order valence-corrected chi connectivity index (χ4v) is 1.31. The SMILES string of the molecule is O=C(Cl)c1cc([N+](=O)[O-])c(OC(F)(F)F)nc1C(F)(F)F. The van der Waals surface area contributed by atoms with Crippen molar-refractivity contribution in [3.8, 4) is 5.88 Å². The second-order valence-electron chi connectivity index (χ2n) is 3.29. The molecule has 0 unspecified atom stereocenters. The largest absolute Gasteiger partial charge is 0.574 e.